The van der Waals surface area contributed by atoms with Crippen LogP contribution in [-0.4, -0.2) is 14.3 Å². The zero-order valence-corrected chi connectivity index (χ0v) is 7.65. The average molecular weight is 157 g/mol. The first-order chi connectivity index (χ1) is 3.11. The van der Waals surface area contributed by atoms with Crippen LogP contribution in [-0.2, 0) is 0 Å². The van der Waals surface area contributed by atoms with Crippen LogP contribution in [0.5, 0.6) is 0 Å². The molecule has 0 nitrogen and oxygen atoms in total. The molecule has 0 saturated heterocycles. The van der Waals surface area contributed by atoms with Crippen molar-refractivity contribution in [1.29, 1.82) is 0 Å². The number of hydrogen-bond acceptors (Lipinski definition) is 0. The molecule has 0 saturated carbocycles. The Kier molecular flexibility index (Phi) is 1.07. The van der Waals surface area contributed by atoms with E-state index in [1.165, 1.54) is 0 Å². The van der Waals surface area contributed by atoms with E-state index in [4.69, 9.17) is 0 Å². The molecule has 0 aliphatic carbocycles. The molecule has 0 aromatic rings. The van der Waals surface area contributed by atoms with Gasteiger partial charge < -0.3 is 0 Å². The van der Waals surface area contributed by atoms with Gasteiger partial charge in [-0.1, -0.05) is 0 Å². The fraction of sp³-hybridized carbons (Fsp3) is 0.667. The average Bonchev–Trinajstić information content (AvgIpc) is 1.99. The third kappa shape index (κ3) is 1.34. The summed E-state index contributed by atoms with van der Waals surface area (Å²) in [7, 11) is 0. The molecule has 0 bridgehead atoms. The van der Waals surface area contributed by atoms with E-state index in [2.05, 4.69) is 30.6 Å². The number of rotatable bonds is 0. The minimum absolute atomic E-state index is 0.688. The summed E-state index contributed by atoms with van der Waals surface area (Å²) in [5.41, 5.74) is 0. The van der Waals surface area contributed by atoms with E-state index in [1.807, 2.05) is 0 Å². The van der Waals surface area contributed by atoms with Crippen molar-refractivity contribution in [1.82, 2.24) is 0 Å². The van der Waals surface area contributed by atoms with Gasteiger partial charge in [-0.3, -0.25) is 0 Å². The molecule has 0 atom stereocenters. The van der Waals surface area contributed by atoms with Gasteiger partial charge in [0.15, 0.2) is 0 Å². The molecule has 1 aliphatic heterocycles. The Bertz CT molecular complexity index is 91.2. The molecule has 1 heteroatoms. The third-order valence-electron chi connectivity index (χ3n) is 1.38. The predicted octanol–water partition coefficient (Wildman–Crippen LogP) is 1.66. The molecule has 0 aromatic carbocycles. The van der Waals surface area contributed by atoms with Gasteiger partial charge in [0.1, 0.15) is 0 Å². The SMILES string of the molecule is C[C](C)(C)[GeH]1[CH]=[CH]1. The Morgan fingerprint density at radius 3 is 1.57 bits per heavy atom. The molecule has 0 fully saturated rings. The molecule has 1 rings (SSSR count). The van der Waals surface area contributed by atoms with E-state index in [0.29, 0.717) is 4.25 Å². The van der Waals surface area contributed by atoms with Crippen molar-refractivity contribution in [2.24, 2.45) is 0 Å². The van der Waals surface area contributed by atoms with Crippen LogP contribution in [0.15, 0.2) is 9.82 Å². The summed E-state index contributed by atoms with van der Waals surface area (Å²) in [5, 5.41) is 0. The zero-order chi connectivity index (χ0) is 5.49. The van der Waals surface area contributed by atoms with E-state index in [9.17, 15) is 0 Å². The first-order valence-corrected chi connectivity index (χ1v) is 6.80. The predicted molar refractivity (Wildman–Crippen MR) is 36.0 cm³/mol. The molecule has 1 aliphatic rings. The van der Waals surface area contributed by atoms with Crippen LogP contribution < -0.4 is 0 Å². The van der Waals surface area contributed by atoms with Gasteiger partial charge in [-0.2, -0.15) is 0 Å². The molecule has 1 heterocycles. The molecule has 40 valence electrons. The Morgan fingerprint density at radius 1 is 1.14 bits per heavy atom. The second-order valence-corrected chi connectivity index (χ2v) is 10.7. The minimum atomic E-state index is -0.764. The van der Waals surface area contributed by atoms with Crippen molar-refractivity contribution >= 4 is 14.3 Å². The number of hydrogen-bond donors (Lipinski definition) is 0. The summed E-state index contributed by atoms with van der Waals surface area (Å²) in [6.45, 7) is 7.03. The van der Waals surface area contributed by atoms with Crippen molar-refractivity contribution in [3.63, 3.8) is 0 Å². The molecule has 0 spiro atoms. The van der Waals surface area contributed by atoms with Crippen LogP contribution in [0.4, 0.5) is 0 Å². The van der Waals surface area contributed by atoms with Crippen molar-refractivity contribution in [3.05, 3.63) is 9.82 Å². The van der Waals surface area contributed by atoms with E-state index >= 15 is 0 Å². The monoisotopic (exact) mass is 158 g/mol. The Morgan fingerprint density at radius 2 is 1.57 bits per heavy atom. The van der Waals surface area contributed by atoms with Crippen LogP contribution >= 0.6 is 0 Å². The van der Waals surface area contributed by atoms with Crippen LogP contribution in [0, 0.1) is 0 Å². The van der Waals surface area contributed by atoms with Crippen molar-refractivity contribution < 1.29 is 0 Å². The molecule has 0 unspecified atom stereocenters. The quantitative estimate of drug-likeness (QED) is 0.469. The maximum absolute atomic E-state index is 2.44. The van der Waals surface area contributed by atoms with Crippen LogP contribution in [0.25, 0.3) is 0 Å². The van der Waals surface area contributed by atoms with Gasteiger partial charge in [-0.05, 0) is 0 Å². The Balaban J connectivity index is 2.38. The van der Waals surface area contributed by atoms with Crippen molar-refractivity contribution in [2.75, 3.05) is 0 Å². The summed E-state index contributed by atoms with van der Waals surface area (Å²) in [6, 6.07) is 0. The Hall–Kier alpha value is 0.283. The first-order valence-electron chi connectivity index (χ1n) is 2.79. The van der Waals surface area contributed by atoms with Gasteiger partial charge in [0.2, 0.25) is 0 Å². The molecule has 0 N–H and O–H groups in total. The molecule has 0 radical (unpaired) electrons. The van der Waals surface area contributed by atoms with Gasteiger partial charge in [0, 0.05) is 0 Å². The van der Waals surface area contributed by atoms with Crippen LogP contribution in [0.2, 0.25) is 4.25 Å². The summed E-state index contributed by atoms with van der Waals surface area (Å²) in [5.74, 6) is 0. The van der Waals surface area contributed by atoms with Crippen molar-refractivity contribution in [2.45, 2.75) is 25.0 Å². The van der Waals surface area contributed by atoms with Crippen LogP contribution in [0.3, 0.4) is 0 Å². The molecular weight excluding hydrogens is 145 g/mol. The summed E-state index contributed by atoms with van der Waals surface area (Å²) < 4.78 is 0.688. The Labute approximate surface area is 49.7 Å². The molecule has 7 heavy (non-hydrogen) atoms. The third-order valence-corrected chi connectivity index (χ3v) is 7.20. The molecule has 0 aromatic heterocycles. The van der Waals surface area contributed by atoms with E-state index < -0.39 is 14.3 Å². The molecule has 0 amide bonds. The van der Waals surface area contributed by atoms with E-state index in [1.54, 1.807) is 0 Å². The summed E-state index contributed by atoms with van der Waals surface area (Å²) >= 11 is -0.764. The van der Waals surface area contributed by atoms with Gasteiger partial charge >= 0.3 is 49.2 Å². The van der Waals surface area contributed by atoms with Gasteiger partial charge in [0.05, 0.1) is 0 Å². The zero-order valence-electron chi connectivity index (χ0n) is 5.23. The summed E-state index contributed by atoms with van der Waals surface area (Å²) in [4.78, 5) is 4.88. The fourth-order valence-electron chi connectivity index (χ4n) is 0.633. The van der Waals surface area contributed by atoms with Crippen molar-refractivity contribution in [3.8, 4) is 0 Å². The van der Waals surface area contributed by atoms with E-state index in [0.717, 1.165) is 0 Å². The second-order valence-electron chi connectivity index (χ2n) is 3.28. The normalized spacial score (nSPS) is 20.4. The molecular formula is C6H12Ge. The topological polar surface area (TPSA) is 0 Å². The summed E-state index contributed by atoms with van der Waals surface area (Å²) in [6.07, 6.45) is 0. The standard InChI is InChI=1S/C6H12Ge/c1-6(2,3)7-4-5-7/h4-5,7H,1-3H3. The van der Waals surface area contributed by atoms with Gasteiger partial charge in [-0.15, -0.1) is 0 Å². The van der Waals surface area contributed by atoms with Gasteiger partial charge in [0.25, 0.3) is 0 Å². The maximum atomic E-state index is 2.44. The fourth-order valence-corrected chi connectivity index (χ4v) is 4.50. The van der Waals surface area contributed by atoms with Crippen LogP contribution in [0.1, 0.15) is 20.8 Å². The first kappa shape index (κ1) is 5.42. The second kappa shape index (κ2) is 1.38. The van der Waals surface area contributed by atoms with Gasteiger partial charge in [-0.25, -0.2) is 0 Å². The van der Waals surface area contributed by atoms with E-state index in [-0.39, 0.29) is 0 Å².